The third-order valence-electron chi connectivity index (χ3n) is 2.32. The van der Waals surface area contributed by atoms with Gasteiger partial charge in [-0.1, -0.05) is 46.6 Å². The smallest absolute Gasteiger partial charge is 0.298 e. The predicted octanol–water partition coefficient (Wildman–Crippen LogP) is 4.58. The molecule has 0 aliphatic carbocycles. The topological polar surface area (TPSA) is 50.7 Å². The van der Waals surface area contributed by atoms with Crippen molar-refractivity contribution in [2.24, 2.45) is 5.16 Å². The van der Waals surface area contributed by atoms with Crippen molar-refractivity contribution >= 4 is 41.2 Å². The van der Waals surface area contributed by atoms with Crippen LogP contribution in [0.1, 0.15) is 5.56 Å². The molecule has 0 saturated heterocycles. The molecule has 0 aliphatic rings. The summed E-state index contributed by atoms with van der Waals surface area (Å²) in [6.45, 7) is 0. The molecule has 0 aliphatic heterocycles. The van der Waals surface area contributed by atoms with E-state index in [9.17, 15) is 4.79 Å². The first kappa shape index (κ1) is 14.4. The SMILES string of the molecule is O=C(Nc1ccc(Cl)cc1)O/N=C\c1ccccc1Cl. The van der Waals surface area contributed by atoms with E-state index in [0.29, 0.717) is 21.3 Å². The summed E-state index contributed by atoms with van der Waals surface area (Å²) in [5.74, 6) is 0. The van der Waals surface area contributed by atoms with Gasteiger partial charge in [-0.25, -0.2) is 4.79 Å². The number of carbonyl (C=O) groups excluding carboxylic acids is 1. The van der Waals surface area contributed by atoms with Gasteiger partial charge in [0.15, 0.2) is 0 Å². The van der Waals surface area contributed by atoms with Gasteiger partial charge in [0, 0.05) is 21.3 Å². The summed E-state index contributed by atoms with van der Waals surface area (Å²) in [6.07, 6.45) is 0.666. The molecule has 0 spiro atoms. The van der Waals surface area contributed by atoms with Gasteiger partial charge in [0.25, 0.3) is 0 Å². The second-order valence-electron chi connectivity index (χ2n) is 3.77. The highest BCUT2D eigenvalue weighted by Gasteiger charge is 2.02. The van der Waals surface area contributed by atoms with Crippen LogP contribution in [0.4, 0.5) is 10.5 Å². The number of benzene rings is 2. The van der Waals surface area contributed by atoms with Crippen molar-refractivity contribution in [3.63, 3.8) is 0 Å². The van der Waals surface area contributed by atoms with Crippen molar-refractivity contribution in [3.05, 3.63) is 64.1 Å². The first-order chi connectivity index (χ1) is 9.65. The molecule has 1 N–H and O–H groups in total. The highest BCUT2D eigenvalue weighted by atomic mass is 35.5. The van der Waals surface area contributed by atoms with E-state index < -0.39 is 6.09 Å². The molecule has 0 saturated carbocycles. The molecule has 20 heavy (non-hydrogen) atoms. The van der Waals surface area contributed by atoms with Gasteiger partial charge in [-0.3, -0.25) is 10.2 Å². The third-order valence-corrected chi connectivity index (χ3v) is 2.92. The summed E-state index contributed by atoms with van der Waals surface area (Å²) in [7, 11) is 0. The van der Waals surface area contributed by atoms with E-state index in [1.54, 1.807) is 48.5 Å². The maximum Gasteiger partial charge on any atom is 0.437 e. The number of hydrogen-bond acceptors (Lipinski definition) is 3. The van der Waals surface area contributed by atoms with Crippen molar-refractivity contribution in [2.75, 3.05) is 5.32 Å². The zero-order valence-corrected chi connectivity index (χ0v) is 11.7. The largest absolute Gasteiger partial charge is 0.437 e. The van der Waals surface area contributed by atoms with Gasteiger partial charge in [-0.2, -0.15) is 0 Å². The molecule has 0 heterocycles. The van der Waals surface area contributed by atoms with Crippen LogP contribution in [-0.4, -0.2) is 12.3 Å². The van der Waals surface area contributed by atoms with Crippen molar-refractivity contribution in [3.8, 4) is 0 Å². The van der Waals surface area contributed by atoms with Crippen LogP contribution in [0.15, 0.2) is 53.7 Å². The Kier molecular flexibility index (Phi) is 4.98. The molecule has 2 aromatic carbocycles. The number of carbonyl (C=O) groups is 1. The quantitative estimate of drug-likeness (QED) is 0.513. The minimum absolute atomic E-state index is 0.526. The number of rotatable bonds is 3. The second kappa shape index (κ2) is 6.93. The third kappa shape index (κ3) is 4.26. The monoisotopic (exact) mass is 308 g/mol. The van der Waals surface area contributed by atoms with Crippen LogP contribution in [0.2, 0.25) is 10.0 Å². The molecule has 4 nitrogen and oxygen atoms in total. The highest BCUT2D eigenvalue weighted by Crippen LogP contribution is 2.14. The normalized spacial score (nSPS) is 10.5. The zero-order valence-electron chi connectivity index (χ0n) is 10.2. The summed E-state index contributed by atoms with van der Waals surface area (Å²) >= 11 is 11.7. The number of anilines is 1. The van der Waals surface area contributed by atoms with Crippen LogP contribution in [-0.2, 0) is 4.84 Å². The summed E-state index contributed by atoms with van der Waals surface area (Å²) in [6, 6.07) is 13.7. The molecule has 0 bridgehead atoms. The predicted molar refractivity (Wildman–Crippen MR) is 80.6 cm³/mol. The van der Waals surface area contributed by atoms with Crippen LogP contribution in [0.5, 0.6) is 0 Å². The van der Waals surface area contributed by atoms with E-state index in [-0.39, 0.29) is 0 Å². The Morgan fingerprint density at radius 3 is 2.50 bits per heavy atom. The minimum Gasteiger partial charge on any atom is -0.298 e. The lowest BCUT2D eigenvalue weighted by molar-refractivity contribution is 0.167. The van der Waals surface area contributed by atoms with Crippen LogP contribution in [0, 0.1) is 0 Å². The molecule has 1 amide bonds. The maximum atomic E-state index is 11.5. The Labute approximate surface area is 125 Å². The number of oxime groups is 1. The van der Waals surface area contributed by atoms with Gasteiger partial charge in [-0.15, -0.1) is 0 Å². The lowest BCUT2D eigenvalue weighted by Crippen LogP contribution is -2.10. The van der Waals surface area contributed by atoms with E-state index in [2.05, 4.69) is 15.3 Å². The Bertz CT molecular complexity index is 627. The summed E-state index contributed by atoms with van der Waals surface area (Å²) in [5, 5.41) is 7.18. The van der Waals surface area contributed by atoms with Crippen molar-refractivity contribution in [1.82, 2.24) is 0 Å². The first-order valence-corrected chi connectivity index (χ1v) is 6.42. The van der Waals surface area contributed by atoms with Crippen LogP contribution in [0.25, 0.3) is 0 Å². The van der Waals surface area contributed by atoms with Crippen LogP contribution >= 0.6 is 23.2 Å². The average Bonchev–Trinajstić information content (AvgIpc) is 2.43. The Morgan fingerprint density at radius 1 is 1.10 bits per heavy atom. The van der Waals surface area contributed by atoms with Crippen LogP contribution < -0.4 is 5.32 Å². The lowest BCUT2D eigenvalue weighted by atomic mass is 10.2. The highest BCUT2D eigenvalue weighted by molar-refractivity contribution is 6.33. The van der Waals surface area contributed by atoms with Gasteiger partial charge in [0.05, 0.1) is 6.21 Å². The first-order valence-electron chi connectivity index (χ1n) is 5.66. The van der Waals surface area contributed by atoms with Crippen molar-refractivity contribution in [2.45, 2.75) is 0 Å². The number of hydrogen-bond donors (Lipinski definition) is 1. The fourth-order valence-corrected chi connectivity index (χ4v) is 1.70. The second-order valence-corrected chi connectivity index (χ2v) is 4.61. The maximum absolute atomic E-state index is 11.5. The lowest BCUT2D eigenvalue weighted by Gasteiger charge is -2.02. The fraction of sp³-hybridized carbons (Fsp3) is 0. The molecule has 6 heteroatoms. The molecule has 0 fully saturated rings. The zero-order chi connectivity index (χ0) is 14.4. The fourth-order valence-electron chi connectivity index (χ4n) is 1.38. The van der Waals surface area contributed by atoms with E-state index in [1.807, 2.05) is 0 Å². The number of nitrogens with one attached hydrogen (secondary N) is 1. The number of halogens is 2. The molecule has 0 aromatic heterocycles. The molecule has 102 valence electrons. The summed E-state index contributed by atoms with van der Waals surface area (Å²) in [5.41, 5.74) is 1.22. The molecule has 2 aromatic rings. The Morgan fingerprint density at radius 2 is 1.80 bits per heavy atom. The average molecular weight is 309 g/mol. The van der Waals surface area contributed by atoms with Gasteiger partial charge < -0.3 is 0 Å². The summed E-state index contributed by atoms with van der Waals surface area (Å²) in [4.78, 5) is 16.1. The van der Waals surface area contributed by atoms with Gasteiger partial charge in [0.1, 0.15) is 0 Å². The van der Waals surface area contributed by atoms with Crippen LogP contribution in [0.3, 0.4) is 0 Å². The van der Waals surface area contributed by atoms with Gasteiger partial charge >= 0.3 is 6.09 Å². The number of amides is 1. The molecule has 0 unspecified atom stereocenters. The van der Waals surface area contributed by atoms with Gasteiger partial charge in [0.2, 0.25) is 0 Å². The Hall–Kier alpha value is -2.04. The summed E-state index contributed by atoms with van der Waals surface area (Å²) < 4.78 is 0. The standard InChI is InChI=1S/C14H10Cl2N2O2/c15-11-5-7-12(8-6-11)18-14(19)20-17-9-10-3-1-2-4-13(10)16/h1-9H,(H,18,19)/b17-9-. The van der Waals surface area contributed by atoms with Crippen molar-refractivity contribution < 1.29 is 9.63 Å². The number of nitrogens with zero attached hydrogens (tertiary/aromatic N) is 1. The van der Waals surface area contributed by atoms with Crippen molar-refractivity contribution in [1.29, 1.82) is 0 Å². The van der Waals surface area contributed by atoms with E-state index in [0.717, 1.165) is 0 Å². The van der Waals surface area contributed by atoms with E-state index in [1.165, 1.54) is 6.21 Å². The molecular weight excluding hydrogens is 299 g/mol. The van der Waals surface area contributed by atoms with Gasteiger partial charge in [-0.05, 0) is 30.3 Å². The molecule has 0 atom stereocenters. The Balaban J connectivity index is 1.89. The minimum atomic E-state index is -0.698. The molecular formula is C14H10Cl2N2O2. The van der Waals surface area contributed by atoms with E-state index >= 15 is 0 Å². The molecule has 0 radical (unpaired) electrons. The van der Waals surface area contributed by atoms with E-state index in [4.69, 9.17) is 23.2 Å². The molecule has 2 rings (SSSR count).